The normalized spacial score (nSPS) is 11.4. The number of carboxylic acid groups (broad SMARTS) is 2. The van der Waals surface area contributed by atoms with E-state index in [0.29, 0.717) is 17.3 Å². The van der Waals surface area contributed by atoms with Crippen molar-refractivity contribution < 1.29 is 24.2 Å². The number of rotatable bonds is 7. The Balaban J connectivity index is 1.73. The third-order valence-corrected chi connectivity index (χ3v) is 4.68. The smallest absolute Gasteiger partial charge is 0.328 e. The van der Waals surface area contributed by atoms with Gasteiger partial charge in [-0.3, -0.25) is 0 Å². The maximum atomic E-state index is 10.7. The molecular weight excluding hydrogens is 408 g/mol. The van der Waals surface area contributed by atoms with Crippen LogP contribution in [0.4, 0.5) is 0 Å². The second-order valence-corrected chi connectivity index (χ2v) is 6.87. The molecule has 0 saturated carbocycles. The molecule has 2 heterocycles. The number of hydrogen-bond acceptors (Lipinski definition) is 4. The number of benzene rings is 2. The van der Waals surface area contributed by atoms with Gasteiger partial charge in [0, 0.05) is 23.3 Å². The first kappa shape index (κ1) is 20.6. The Morgan fingerprint density at radius 2 is 1.38 bits per heavy atom. The van der Waals surface area contributed by atoms with Crippen molar-refractivity contribution in [1.29, 1.82) is 0 Å². The topological polar surface area (TPSA) is 116 Å². The Hall–Kier alpha value is -4.65. The van der Waals surface area contributed by atoms with Gasteiger partial charge in [-0.05, 0) is 35.4 Å². The van der Waals surface area contributed by atoms with E-state index in [1.165, 1.54) is 12.2 Å². The van der Waals surface area contributed by atoms with Crippen LogP contribution in [0.25, 0.3) is 46.3 Å². The number of aliphatic carboxylic acids is 2. The van der Waals surface area contributed by atoms with E-state index < -0.39 is 11.9 Å². The van der Waals surface area contributed by atoms with Crippen molar-refractivity contribution in [1.82, 2.24) is 9.97 Å². The van der Waals surface area contributed by atoms with Gasteiger partial charge in [0.05, 0.1) is 17.7 Å². The predicted molar refractivity (Wildman–Crippen MR) is 121 cm³/mol. The number of H-pyrrole nitrogens is 1. The van der Waals surface area contributed by atoms with Crippen LogP contribution in [0.15, 0.2) is 83.5 Å². The van der Waals surface area contributed by atoms with Crippen molar-refractivity contribution in [2.75, 3.05) is 0 Å². The van der Waals surface area contributed by atoms with E-state index in [2.05, 4.69) is 4.98 Å². The highest BCUT2D eigenvalue weighted by atomic mass is 16.4. The van der Waals surface area contributed by atoms with Crippen LogP contribution in [0.1, 0.15) is 11.1 Å². The third-order valence-electron chi connectivity index (χ3n) is 4.68. The average Bonchev–Trinajstić information content (AvgIpc) is 3.47. The minimum atomic E-state index is -1.01. The van der Waals surface area contributed by atoms with Gasteiger partial charge in [0.1, 0.15) is 0 Å². The molecule has 4 rings (SSSR count). The monoisotopic (exact) mass is 426 g/mol. The summed E-state index contributed by atoms with van der Waals surface area (Å²) in [5, 5.41) is 17.6. The number of aromatic amines is 1. The highest BCUT2D eigenvalue weighted by Gasteiger charge is 2.16. The van der Waals surface area contributed by atoms with Crippen LogP contribution < -0.4 is 0 Å². The quantitative estimate of drug-likeness (QED) is 0.350. The molecular formula is C25H18N2O5. The fourth-order valence-electron chi connectivity index (χ4n) is 3.17. The highest BCUT2D eigenvalue weighted by molar-refractivity contribution is 5.87. The number of nitrogens with zero attached hydrogens (tertiary/aromatic N) is 1. The van der Waals surface area contributed by atoms with Gasteiger partial charge in [-0.25, -0.2) is 14.6 Å². The maximum absolute atomic E-state index is 10.7. The Labute approximate surface area is 183 Å². The molecule has 0 atom stereocenters. The van der Waals surface area contributed by atoms with Gasteiger partial charge in [0.15, 0.2) is 11.6 Å². The summed E-state index contributed by atoms with van der Waals surface area (Å²) in [6.45, 7) is 0. The summed E-state index contributed by atoms with van der Waals surface area (Å²) >= 11 is 0. The molecule has 4 aromatic rings. The van der Waals surface area contributed by atoms with Crippen molar-refractivity contribution in [3.8, 4) is 34.1 Å². The number of aromatic nitrogens is 2. The zero-order chi connectivity index (χ0) is 22.5. The lowest BCUT2D eigenvalue weighted by atomic mass is 10.0. The van der Waals surface area contributed by atoms with Crippen molar-refractivity contribution in [2.24, 2.45) is 0 Å². The molecule has 3 N–H and O–H groups in total. The molecule has 7 heteroatoms. The van der Waals surface area contributed by atoms with Gasteiger partial charge >= 0.3 is 11.9 Å². The molecule has 2 aromatic carbocycles. The maximum Gasteiger partial charge on any atom is 0.328 e. The number of nitrogens with one attached hydrogen (secondary N) is 1. The van der Waals surface area contributed by atoms with E-state index in [1.807, 2.05) is 54.6 Å². The van der Waals surface area contributed by atoms with Crippen molar-refractivity contribution >= 4 is 24.1 Å². The third kappa shape index (κ3) is 4.73. The molecule has 0 saturated heterocycles. The van der Waals surface area contributed by atoms with E-state index in [4.69, 9.17) is 19.6 Å². The Kier molecular flexibility index (Phi) is 5.81. The molecule has 0 amide bonds. The van der Waals surface area contributed by atoms with Crippen molar-refractivity contribution in [2.45, 2.75) is 0 Å². The lowest BCUT2D eigenvalue weighted by Gasteiger charge is -2.05. The fourth-order valence-corrected chi connectivity index (χ4v) is 3.17. The first-order chi connectivity index (χ1) is 15.5. The number of imidazole rings is 1. The summed E-state index contributed by atoms with van der Waals surface area (Å²) in [5.74, 6) is -0.840. The fraction of sp³-hybridized carbons (Fsp3) is 0. The Morgan fingerprint density at radius 3 is 1.88 bits per heavy atom. The van der Waals surface area contributed by atoms with E-state index in [0.717, 1.165) is 40.1 Å². The molecule has 158 valence electrons. The molecule has 0 aliphatic carbocycles. The second kappa shape index (κ2) is 9.01. The SMILES string of the molecule is O=C(O)/C=C/c1ccc(-c2nc(-c3ccco3)[nH]c2-c2ccc(/C=C/C(=O)O)cc2)cc1. The average molecular weight is 426 g/mol. The van der Waals surface area contributed by atoms with Crippen LogP contribution in [0.2, 0.25) is 0 Å². The molecule has 0 spiro atoms. The van der Waals surface area contributed by atoms with Crippen LogP contribution in [0, 0.1) is 0 Å². The van der Waals surface area contributed by atoms with E-state index in [1.54, 1.807) is 12.3 Å². The Bertz CT molecular complexity index is 1210. The van der Waals surface area contributed by atoms with Gasteiger partial charge < -0.3 is 19.6 Å². The molecule has 2 aromatic heterocycles. The molecule has 0 radical (unpaired) electrons. The molecule has 0 aliphatic heterocycles. The van der Waals surface area contributed by atoms with Crippen LogP contribution in [-0.4, -0.2) is 32.1 Å². The summed E-state index contributed by atoms with van der Waals surface area (Å²) in [7, 11) is 0. The van der Waals surface area contributed by atoms with Gasteiger partial charge in [-0.2, -0.15) is 0 Å². The minimum absolute atomic E-state index is 0.574. The van der Waals surface area contributed by atoms with Crippen LogP contribution in [-0.2, 0) is 9.59 Å². The van der Waals surface area contributed by atoms with E-state index in [-0.39, 0.29) is 0 Å². The summed E-state index contributed by atoms with van der Waals surface area (Å²) < 4.78 is 5.48. The summed E-state index contributed by atoms with van der Waals surface area (Å²) in [6.07, 6.45) is 6.80. The molecule has 0 fully saturated rings. The molecule has 32 heavy (non-hydrogen) atoms. The Morgan fingerprint density at radius 1 is 0.812 bits per heavy atom. The van der Waals surface area contributed by atoms with Gasteiger partial charge in [0.2, 0.25) is 0 Å². The zero-order valence-electron chi connectivity index (χ0n) is 16.7. The van der Waals surface area contributed by atoms with Gasteiger partial charge in [0.25, 0.3) is 0 Å². The van der Waals surface area contributed by atoms with Crippen LogP contribution >= 0.6 is 0 Å². The van der Waals surface area contributed by atoms with Gasteiger partial charge in [-0.15, -0.1) is 0 Å². The molecule has 0 bridgehead atoms. The predicted octanol–water partition coefficient (Wildman–Crippen LogP) is 5.20. The van der Waals surface area contributed by atoms with Crippen LogP contribution in [0.3, 0.4) is 0 Å². The first-order valence-electron chi connectivity index (χ1n) is 9.66. The largest absolute Gasteiger partial charge is 0.478 e. The number of carboxylic acids is 2. The van der Waals surface area contributed by atoms with Crippen molar-refractivity contribution in [3.05, 3.63) is 90.2 Å². The summed E-state index contributed by atoms with van der Waals surface area (Å²) in [6, 6.07) is 18.4. The van der Waals surface area contributed by atoms with Crippen LogP contribution in [0.5, 0.6) is 0 Å². The van der Waals surface area contributed by atoms with Gasteiger partial charge in [-0.1, -0.05) is 48.5 Å². The highest BCUT2D eigenvalue weighted by Crippen LogP contribution is 2.33. The standard InChI is InChI=1S/C25H18N2O5/c28-21(29)13-7-16-3-9-18(10-4-16)23-24(27-25(26-23)20-2-1-15-32-20)19-11-5-17(6-12-19)8-14-22(30)31/h1-15H,(H,26,27)(H,28,29)(H,30,31)/b13-7+,14-8+. The first-order valence-corrected chi connectivity index (χ1v) is 9.66. The lowest BCUT2D eigenvalue weighted by molar-refractivity contribution is -0.132. The summed E-state index contributed by atoms with van der Waals surface area (Å²) in [5.41, 5.74) is 4.72. The zero-order valence-corrected chi connectivity index (χ0v) is 16.7. The molecule has 0 unspecified atom stereocenters. The lowest BCUT2D eigenvalue weighted by Crippen LogP contribution is -1.87. The number of hydrogen-bond donors (Lipinski definition) is 3. The number of carbonyl (C=O) groups is 2. The minimum Gasteiger partial charge on any atom is -0.478 e. The second-order valence-electron chi connectivity index (χ2n) is 6.87. The molecule has 7 nitrogen and oxygen atoms in total. The van der Waals surface area contributed by atoms with Crippen molar-refractivity contribution in [3.63, 3.8) is 0 Å². The number of furan rings is 1. The van der Waals surface area contributed by atoms with E-state index in [9.17, 15) is 9.59 Å². The van der Waals surface area contributed by atoms with E-state index >= 15 is 0 Å². The summed E-state index contributed by atoms with van der Waals surface area (Å²) in [4.78, 5) is 29.5. The molecule has 0 aliphatic rings.